The minimum atomic E-state index is -0.514. The Bertz CT molecular complexity index is 634. The Morgan fingerprint density at radius 2 is 1.86 bits per heavy atom. The van der Waals surface area contributed by atoms with Crippen molar-refractivity contribution >= 4 is 0 Å². The van der Waals surface area contributed by atoms with Gasteiger partial charge in [-0.2, -0.15) is 0 Å². The summed E-state index contributed by atoms with van der Waals surface area (Å²) in [6.45, 7) is 11.8. The quantitative estimate of drug-likeness (QED) is 0.515. The lowest BCUT2D eigenvalue weighted by Crippen LogP contribution is -2.53. The van der Waals surface area contributed by atoms with E-state index >= 15 is 0 Å². The van der Waals surface area contributed by atoms with Crippen molar-refractivity contribution in [3.05, 3.63) is 11.6 Å². The average Bonchev–Trinajstić information content (AvgIpc) is 3.00. The fraction of sp³-hybridized carbons (Fsp3) is 0.926. The van der Waals surface area contributed by atoms with Gasteiger partial charge in [0.15, 0.2) is 0 Å². The largest absolute Gasteiger partial charge is 0.393 e. The molecule has 7 unspecified atom stereocenters. The maximum atomic E-state index is 11.6. The molecular weight excluding hydrogens is 356 g/mol. The van der Waals surface area contributed by atoms with Crippen LogP contribution in [0.4, 0.5) is 0 Å². The topological polar surface area (TPSA) is 40.5 Å². The van der Waals surface area contributed by atoms with Crippen molar-refractivity contribution in [2.75, 3.05) is 0 Å². The molecule has 0 amide bonds. The Hall–Kier alpha value is -0.340. The number of rotatable bonds is 5. The Morgan fingerprint density at radius 3 is 2.59 bits per heavy atom. The summed E-state index contributed by atoms with van der Waals surface area (Å²) in [5, 5.41) is 21.8. The van der Waals surface area contributed by atoms with Crippen molar-refractivity contribution in [2.24, 2.45) is 40.4 Å². The molecule has 0 spiro atoms. The molecule has 3 saturated carbocycles. The standard InChI is InChI=1S/C27H46O2/c1-18(2)7-6-14-27(5,29)24-11-10-22-21-9-8-19-17-20(28)12-15-25(19,3)23(21)13-16-26(22,24)4/h8,18,20-24,28-29H,6-7,9-17H2,1-5H3/t20-,21?,22?,23?,24?,25?,26?,27?/m0/s1. The van der Waals surface area contributed by atoms with E-state index in [1.165, 1.54) is 44.9 Å². The van der Waals surface area contributed by atoms with Crippen LogP contribution >= 0.6 is 0 Å². The van der Waals surface area contributed by atoms with Crippen LogP contribution in [-0.4, -0.2) is 21.9 Å². The number of fused-ring (bicyclic) bond motifs is 5. The van der Waals surface area contributed by atoms with Crippen molar-refractivity contribution in [2.45, 2.75) is 117 Å². The van der Waals surface area contributed by atoms with Crippen LogP contribution in [0.15, 0.2) is 11.6 Å². The Kier molecular flexibility index (Phi) is 5.78. The van der Waals surface area contributed by atoms with Crippen LogP contribution in [0.25, 0.3) is 0 Å². The van der Waals surface area contributed by atoms with Gasteiger partial charge in [0.05, 0.1) is 11.7 Å². The molecule has 2 N–H and O–H groups in total. The van der Waals surface area contributed by atoms with E-state index in [1.807, 2.05) is 0 Å². The highest BCUT2D eigenvalue weighted by Crippen LogP contribution is 2.67. The number of aliphatic hydroxyl groups is 2. The predicted octanol–water partition coefficient (Wildman–Crippen LogP) is 6.50. The van der Waals surface area contributed by atoms with Crippen LogP contribution in [0.2, 0.25) is 0 Å². The number of aliphatic hydroxyl groups excluding tert-OH is 1. The molecule has 8 atom stereocenters. The lowest BCUT2D eigenvalue weighted by Gasteiger charge is -2.59. The molecule has 0 bridgehead atoms. The summed E-state index contributed by atoms with van der Waals surface area (Å²) < 4.78 is 0. The van der Waals surface area contributed by atoms with Crippen LogP contribution in [0.5, 0.6) is 0 Å². The van der Waals surface area contributed by atoms with Gasteiger partial charge in [-0.05, 0) is 105 Å². The summed E-state index contributed by atoms with van der Waals surface area (Å²) in [7, 11) is 0. The predicted molar refractivity (Wildman–Crippen MR) is 121 cm³/mol. The van der Waals surface area contributed by atoms with E-state index in [1.54, 1.807) is 5.57 Å². The second kappa shape index (κ2) is 7.66. The van der Waals surface area contributed by atoms with E-state index in [4.69, 9.17) is 0 Å². The normalized spacial score (nSPS) is 46.5. The van der Waals surface area contributed by atoms with E-state index in [0.717, 1.165) is 49.4 Å². The van der Waals surface area contributed by atoms with Gasteiger partial charge in [0.1, 0.15) is 0 Å². The molecule has 29 heavy (non-hydrogen) atoms. The van der Waals surface area contributed by atoms with Crippen LogP contribution < -0.4 is 0 Å². The second-order valence-electron chi connectivity index (χ2n) is 12.5. The van der Waals surface area contributed by atoms with Crippen molar-refractivity contribution in [1.29, 1.82) is 0 Å². The second-order valence-corrected chi connectivity index (χ2v) is 12.5. The van der Waals surface area contributed by atoms with Gasteiger partial charge in [-0.1, -0.05) is 52.2 Å². The van der Waals surface area contributed by atoms with E-state index in [0.29, 0.717) is 16.7 Å². The highest BCUT2D eigenvalue weighted by atomic mass is 16.3. The summed E-state index contributed by atoms with van der Waals surface area (Å²) in [4.78, 5) is 0. The average molecular weight is 403 g/mol. The Morgan fingerprint density at radius 1 is 1.10 bits per heavy atom. The van der Waals surface area contributed by atoms with Crippen LogP contribution in [0, 0.1) is 40.4 Å². The molecule has 0 saturated heterocycles. The summed E-state index contributed by atoms with van der Waals surface area (Å²) in [6.07, 6.45) is 15.2. The van der Waals surface area contributed by atoms with E-state index in [-0.39, 0.29) is 6.10 Å². The lowest BCUT2D eigenvalue weighted by atomic mass is 9.46. The van der Waals surface area contributed by atoms with Crippen LogP contribution in [-0.2, 0) is 0 Å². The molecule has 2 heteroatoms. The molecule has 4 aliphatic rings. The van der Waals surface area contributed by atoms with Gasteiger partial charge >= 0.3 is 0 Å². The lowest BCUT2D eigenvalue weighted by molar-refractivity contribution is -0.105. The fourth-order valence-electron chi connectivity index (χ4n) is 8.71. The molecule has 0 radical (unpaired) electrons. The van der Waals surface area contributed by atoms with Gasteiger partial charge < -0.3 is 10.2 Å². The highest BCUT2D eigenvalue weighted by molar-refractivity contribution is 5.25. The van der Waals surface area contributed by atoms with Crippen molar-refractivity contribution < 1.29 is 10.2 Å². The third-order valence-electron chi connectivity index (χ3n) is 10.3. The zero-order valence-corrected chi connectivity index (χ0v) is 19.7. The molecular formula is C27H46O2. The fourth-order valence-corrected chi connectivity index (χ4v) is 8.71. The summed E-state index contributed by atoms with van der Waals surface area (Å²) in [5.41, 5.74) is 1.68. The molecule has 0 heterocycles. The SMILES string of the molecule is CC(C)CCCC(C)(O)C1CCC2C3CC=C4C[C@@H](O)CCC4(C)C3CCC21C. The third-order valence-corrected chi connectivity index (χ3v) is 10.3. The number of allylic oxidation sites excluding steroid dienone is 1. The monoisotopic (exact) mass is 402 g/mol. The first-order valence-corrected chi connectivity index (χ1v) is 12.7. The van der Waals surface area contributed by atoms with Crippen molar-refractivity contribution in [3.8, 4) is 0 Å². The maximum Gasteiger partial charge on any atom is 0.0653 e. The number of hydrogen-bond donors (Lipinski definition) is 2. The Balaban J connectivity index is 1.53. The van der Waals surface area contributed by atoms with Gasteiger partial charge in [0, 0.05) is 0 Å². The zero-order chi connectivity index (χ0) is 21.0. The van der Waals surface area contributed by atoms with Crippen molar-refractivity contribution in [1.82, 2.24) is 0 Å². The zero-order valence-electron chi connectivity index (χ0n) is 19.7. The first-order chi connectivity index (χ1) is 13.6. The van der Waals surface area contributed by atoms with Gasteiger partial charge in [0.2, 0.25) is 0 Å². The Labute approximate surface area is 179 Å². The first-order valence-electron chi connectivity index (χ1n) is 12.7. The summed E-state index contributed by atoms with van der Waals surface area (Å²) in [5.74, 6) is 3.53. The van der Waals surface area contributed by atoms with E-state index in [9.17, 15) is 10.2 Å². The van der Waals surface area contributed by atoms with Crippen LogP contribution in [0.3, 0.4) is 0 Å². The highest BCUT2D eigenvalue weighted by Gasteiger charge is 2.61. The molecule has 4 rings (SSSR count). The molecule has 0 aromatic heterocycles. The molecule has 4 aliphatic carbocycles. The summed E-state index contributed by atoms with van der Waals surface area (Å²) >= 11 is 0. The molecule has 0 aromatic rings. The minimum absolute atomic E-state index is 0.114. The van der Waals surface area contributed by atoms with E-state index < -0.39 is 5.60 Å². The molecule has 2 nitrogen and oxygen atoms in total. The summed E-state index contributed by atoms with van der Waals surface area (Å²) in [6, 6.07) is 0. The maximum absolute atomic E-state index is 11.6. The first kappa shape index (κ1) is 21.9. The van der Waals surface area contributed by atoms with Crippen LogP contribution in [0.1, 0.15) is 105 Å². The molecule has 0 aliphatic heterocycles. The molecule has 166 valence electrons. The van der Waals surface area contributed by atoms with Gasteiger partial charge in [-0.15, -0.1) is 0 Å². The molecule has 3 fully saturated rings. The third kappa shape index (κ3) is 3.65. The van der Waals surface area contributed by atoms with E-state index in [2.05, 4.69) is 40.7 Å². The van der Waals surface area contributed by atoms with Gasteiger partial charge in [-0.25, -0.2) is 0 Å². The van der Waals surface area contributed by atoms with Gasteiger partial charge in [0.25, 0.3) is 0 Å². The van der Waals surface area contributed by atoms with Crippen molar-refractivity contribution in [3.63, 3.8) is 0 Å². The van der Waals surface area contributed by atoms with Gasteiger partial charge in [-0.3, -0.25) is 0 Å². The number of hydrogen-bond acceptors (Lipinski definition) is 2. The smallest absolute Gasteiger partial charge is 0.0653 e. The minimum Gasteiger partial charge on any atom is -0.393 e. The molecule has 0 aromatic carbocycles.